The summed E-state index contributed by atoms with van der Waals surface area (Å²) in [5.41, 5.74) is 13.1. The van der Waals surface area contributed by atoms with Gasteiger partial charge in [0.25, 0.3) is 0 Å². The lowest BCUT2D eigenvalue weighted by atomic mass is 9.67. The molecule has 0 bridgehead atoms. The van der Waals surface area contributed by atoms with Gasteiger partial charge in [0, 0.05) is 74.8 Å². The van der Waals surface area contributed by atoms with Crippen molar-refractivity contribution < 1.29 is 19.1 Å². The van der Waals surface area contributed by atoms with Crippen LogP contribution in [0.5, 0.6) is 11.5 Å². The molecule has 8 heterocycles. The average molecular weight is 1530 g/mol. The fourth-order valence-electron chi connectivity index (χ4n) is 16.0. The van der Waals surface area contributed by atoms with Gasteiger partial charge in [-0.05, 0) is 122 Å². The second-order valence-corrected chi connectivity index (χ2v) is 35.0. The highest BCUT2D eigenvalue weighted by molar-refractivity contribution is 7.38. The number of carbonyl (C=O) groups excluding carboxylic acids is 2. The number of nitriles is 8. The molecule has 0 amide bonds. The van der Waals surface area contributed by atoms with Crippen molar-refractivity contribution >= 4 is 154 Å². The maximum absolute atomic E-state index is 14.5. The van der Waals surface area contributed by atoms with Gasteiger partial charge in [0.2, 0.25) is 0 Å². The minimum atomic E-state index is -0.837. The Bertz CT molecular complexity index is 6460. The van der Waals surface area contributed by atoms with Crippen LogP contribution in [-0.4, -0.2) is 25.8 Å². The van der Waals surface area contributed by atoms with E-state index in [4.69, 9.17) is 9.47 Å². The van der Waals surface area contributed by atoms with Gasteiger partial charge in [0.1, 0.15) is 71.2 Å². The van der Waals surface area contributed by atoms with Gasteiger partial charge >= 0.3 is 0 Å². The molecule has 0 aliphatic heterocycles. The summed E-state index contributed by atoms with van der Waals surface area (Å²) >= 11 is 13.6. The molecule has 0 saturated carbocycles. The smallest absolute Gasteiger partial charge is 0.194 e. The third kappa shape index (κ3) is 9.42. The van der Waals surface area contributed by atoms with Crippen LogP contribution in [-0.2, 0) is 10.8 Å². The third-order valence-corrected chi connectivity index (χ3v) is 31.0. The molecule has 6 aromatic carbocycles. The Morgan fingerprint density at radius 3 is 0.944 bits per heavy atom. The summed E-state index contributed by atoms with van der Waals surface area (Å²) in [7, 11) is 3.23. The van der Waals surface area contributed by atoms with E-state index >= 15 is 0 Å². The van der Waals surface area contributed by atoms with Gasteiger partial charge in [-0.25, -0.2) is 0 Å². The predicted molar refractivity (Wildman–Crippen MR) is 432 cm³/mol. The van der Waals surface area contributed by atoms with Gasteiger partial charge < -0.3 is 9.47 Å². The van der Waals surface area contributed by atoms with Crippen molar-refractivity contribution in [3.8, 4) is 99.1 Å². The molecule has 12 nitrogen and oxygen atoms in total. The molecule has 18 rings (SSSR count). The van der Waals surface area contributed by atoms with Crippen LogP contribution in [0.25, 0.3) is 90.5 Å². The summed E-state index contributed by atoms with van der Waals surface area (Å²) in [5, 5.41) is 81.0. The Kier molecular flexibility index (Phi) is 15.7. The van der Waals surface area contributed by atoms with Crippen LogP contribution in [0.15, 0.2) is 168 Å². The first-order chi connectivity index (χ1) is 52.5. The molecule has 20 heteroatoms. The summed E-state index contributed by atoms with van der Waals surface area (Å²) in [4.78, 5) is 38.6. The monoisotopic (exact) mass is 1530 g/mol. The Hall–Kier alpha value is -12.5. The Morgan fingerprint density at radius 1 is 0.352 bits per heavy atom. The Labute approximate surface area is 650 Å². The molecular weight excluding hydrogens is 1490 g/mol. The number of aryl methyl sites for hydroxylation is 4. The highest BCUT2D eigenvalue weighted by Gasteiger charge is 2.57. The molecular formula is C88H44N8O4S8. The average Bonchev–Trinajstić information content (AvgIpc) is 1.48. The fourth-order valence-corrected chi connectivity index (χ4v) is 27.2. The molecule has 14 aromatic rings. The van der Waals surface area contributed by atoms with Crippen molar-refractivity contribution in [3.63, 3.8) is 0 Å². The number of Topliss-reactive ketones (excluding diaryl/α,β-unsaturated/α-hetero) is 2. The quantitative estimate of drug-likeness (QED) is 0.0917. The zero-order valence-corrected chi connectivity index (χ0v) is 64.0. The van der Waals surface area contributed by atoms with Gasteiger partial charge in [-0.1, -0.05) is 119 Å². The topological polar surface area (TPSA) is 243 Å². The maximum Gasteiger partial charge on any atom is 0.194 e. The molecule has 4 aliphatic rings. The van der Waals surface area contributed by atoms with Crippen molar-refractivity contribution in [1.29, 1.82) is 42.1 Å². The zero-order chi connectivity index (χ0) is 74.7. The molecule has 4 aliphatic carbocycles. The fraction of sp³-hybridized carbons (Fsp3) is 0.0909. The van der Waals surface area contributed by atoms with E-state index < -0.39 is 22.4 Å². The summed E-state index contributed by atoms with van der Waals surface area (Å²) in [5.74, 6) is 0.216. The molecule has 0 atom stereocenters. The largest absolute Gasteiger partial charge is 0.495 e. The van der Waals surface area contributed by atoms with Gasteiger partial charge in [0.05, 0.1) is 105 Å². The van der Waals surface area contributed by atoms with Crippen molar-refractivity contribution in [1.82, 2.24) is 0 Å². The lowest BCUT2D eigenvalue weighted by molar-refractivity contribution is 0.103. The van der Waals surface area contributed by atoms with Crippen LogP contribution >= 0.6 is 90.7 Å². The van der Waals surface area contributed by atoms with Gasteiger partial charge in [0.15, 0.2) is 11.6 Å². The van der Waals surface area contributed by atoms with Gasteiger partial charge in [-0.3, -0.25) is 9.59 Å². The third-order valence-electron chi connectivity index (χ3n) is 20.8. The number of allylic oxidation sites excluding steroid dienone is 6. The number of ether oxygens (including phenoxy) is 2. The first kappa shape index (κ1) is 67.4. The second-order valence-electron chi connectivity index (χ2n) is 26.6. The number of hydrogen-bond acceptors (Lipinski definition) is 20. The number of methoxy groups -OCH3 is 2. The van der Waals surface area contributed by atoms with Crippen LogP contribution in [0.2, 0.25) is 0 Å². The lowest BCUT2D eigenvalue weighted by Gasteiger charge is -2.34. The number of rotatable bonds is 10. The van der Waals surface area contributed by atoms with E-state index in [2.05, 4.69) is 137 Å². The normalized spacial score (nSPS) is 14.5. The minimum Gasteiger partial charge on any atom is -0.495 e. The van der Waals surface area contributed by atoms with E-state index in [-0.39, 0.29) is 77.9 Å². The molecule has 0 radical (unpaired) electrons. The SMILES string of the molecule is COc1cc(/C=C2\C(=O)c3cc(C#N)c(C#N)cc3C2=C(C#N)C#N)sc1-c1cc2sc3c(c2s1)C(c1ccc(C)cc1)(c1ccc(C)cc1)c1c-3sc2c3c(sc12)-c1sc2cc(-c4sc(/C=C5\C(=O)c6cc(C#N)c(C#N)cc6C5=C(C#N)C#N)cc4OC)sc2c1C3(c1ccc(C)cc1)c1ccc(C)cc1. The summed E-state index contributed by atoms with van der Waals surface area (Å²) < 4.78 is 19.3. The molecule has 508 valence electrons. The van der Waals surface area contributed by atoms with E-state index in [0.717, 1.165) is 82.8 Å². The van der Waals surface area contributed by atoms with Crippen LogP contribution in [0.1, 0.15) is 131 Å². The van der Waals surface area contributed by atoms with E-state index in [1.165, 1.54) is 98.1 Å². The van der Waals surface area contributed by atoms with Crippen LogP contribution < -0.4 is 9.47 Å². The molecule has 108 heavy (non-hydrogen) atoms. The molecule has 0 fully saturated rings. The number of fused-ring (bicyclic) bond motifs is 15. The minimum absolute atomic E-state index is 0.0188. The number of carbonyl (C=O) groups is 2. The second kappa shape index (κ2) is 25.1. The van der Waals surface area contributed by atoms with Crippen molar-refractivity contribution in [2.75, 3.05) is 14.2 Å². The molecule has 0 spiro atoms. The molecule has 0 saturated heterocycles. The number of ketones is 2. The van der Waals surface area contributed by atoms with E-state index in [1.807, 2.05) is 83.4 Å². The molecule has 0 unspecified atom stereocenters. The number of hydrogen-bond donors (Lipinski definition) is 0. The summed E-state index contributed by atoms with van der Waals surface area (Å²) in [6, 6.07) is 66.0. The number of benzene rings is 6. The molecule has 0 N–H and O–H groups in total. The maximum atomic E-state index is 14.5. The lowest BCUT2D eigenvalue weighted by Crippen LogP contribution is -2.29. The first-order valence-corrected chi connectivity index (χ1v) is 40.0. The van der Waals surface area contributed by atoms with Gasteiger partial charge in [-0.2, -0.15) is 42.1 Å². The van der Waals surface area contributed by atoms with Gasteiger partial charge in [-0.15, -0.1) is 90.7 Å². The van der Waals surface area contributed by atoms with Crippen molar-refractivity contribution in [2.24, 2.45) is 0 Å². The van der Waals surface area contributed by atoms with E-state index in [9.17, 15) is 51.7 Å². The Balaban J connectivity index is 0.836. The van der Waals surface area contributed by atoms with E-state index in [0.29, 0.717) is 21.3 Å². The van der Waals surface area contributed by atoms with Crippen LogP contribution in [0.3, 0.4) is 0 Å². The zero-order valence-electron chi connectivity index (χ0n) is 57.5. The van der Waals surface area contributed by atoms with Crippen LogP contribution in [0.4, 0.5) is 0 Å². The highest BCUT2D eigenvalue weighted by atomic mass is 32.1. The summed E-state index contributed by atoms with van der Waals surface area (Å²) in [6.45, 7) is 8.50. The van der Waals surface area contributed by atoms with Crippen LogP contribution in [0, 0.1) is 118 Å². The standard InChI is InChI=1S/C88H44N8O4S8/c1-41-7-15-51(16-8-41)87(52-17-9-42(2)10-18-52)71-79-67(31-65(103-79)77-63(99-5)29-55(101-77)27-61-69(49(37-93)38-94)57-23-45(33-89)47(35-91)25-59(57)75(61)97)105-81(71)83-73(87)85-86(107-83)74-84(108-85)82-72(88(74,53-19-11-43(3)12-20-53)54-21-13-44(4)14-22-54)80-68(106-82)32-66(104-80)78-64(100-6)30-56(102-78)28-62-70(50(39-95)40-96)58-24-46(34-90)48(36-92)26-60(58)76(62)98/h7-32H,1-6H3/b61-27-,62-28-. The van der Waals surface area contributed by atoms with E-state index in [1.54, 1.807) is 71.7 Å². The molecule has 8 aromatic heterocycles. The number of thiophene rings is 8. The summed E-state index contributed by atoms with van der Waals surface area (Å²) in [6.07, 6.45) is 3.35. The number of nitrogens with zero attached hydrogens (tertiary/aromatic N) is 8. The predicted octanol–water partition coefficient (Wildman–Crippen LogP) is 22.6. The van der Waals surface area contributed by atoms with Crippen molar-refractivity contribution in [2.45, 2.75) is 38.5 Å². The Morgan fingerprint density at radius 2 is 0.648 bits per heavy atom. The first-order valence-electron chi connectivity index (χ1n) is 33.5. The van der Waals surface area contributed by atoms with Crippen molar-refractivity contribution in [3.05, 3.63) is 289 Å². The highest BCUT2D eigenvalue weighted by Crippen LogP contribution is 2.73.